The van der Waals surface area contributed by atoms with Crippen LogP contribution in [0.5, 0.6) is 0 Å². The van der Waals surface area contributed by atoms with Gasteiger partial charge in [-0.3, -0.25) is 14.2 Å². The van der Waals surface area contributed by atoms with Crippen molar-refractivity contribution in [3.63, 3.8) is 0 Å². The molecule has 1 N–H and O–H groups in total. The highest BCUT2D eigenvalue weighted by Gasteiger charge is 2.27. The number of rotatable bonds is 6. The lowest BCUT2D eigenvalue weighted by Crippen LogP contribution is -2.27. The fourth-order valence-electron chi connectivity index (χ4n) is 3.00. The van der Waals surface area contributed by atoms with Gasteiger partial charge in [-0.05, 0) is 30.7 Å². The summed E-state index contributed by atoms with van der Waals surface area (Å²) in [6.07, 6.45) is 2.03. The number of aryl methyl sites for hydroxylation is 1. The zero-order valence-corrected chi connectivity index (χ0v) is 16.2. The predicted molar refractivity (Wildman–Crippen MR) is 106 cm³/mol. The molecule has 0 saturated carbocycles. The van der Waals surface area contributed by atoms with E-state index in [2.05, 4.69) is 17.2 Å². The van der Waals surface area contributed by atoms with Crippen LogP contribution >= 0.6 is 11.8 Å². The van der Waals surface area contributed by atoms with Crippen LogP contribution in [0.25, 0.3) is 0 Å². The molecule has 1 atom stereocenters. The number of fused-ring (bicyclic) bond motifs is 1. The van der Waals surface area contributed by atoms with Crippen molar-refractivity contribution < 1.29 is 4.79 Å². The lowest BCUT2D eigenvalue weighted by Gasteiger charge is -2.15. The van der Waals surface area contributed by atoms with Gasteiger partial charge < -0.3 is 10.2 Å². The molecule has 2 heterocycles. The number of benzene rings is 1. The molecule has 7 heteroatoms. The molecular weight excluding hydrogens is 348 g/mol. The van der Waals surface area contributed by atoms with Crippen molar-refractivity contribution in [3.8, 4) is 0 Å². The van der Waals surface area contributed by atoms with E-state index >= 15 is 0 Å². The minimum Gasteiger partial charge on any atom is -0.378 e. The summed E-state index contributed by atoms with van der Waals surface area (Å²) in [7, 11) is 3.95. The summed E-state index contributed by atoms with van der Waals surface area (Å²) < 4.78 is 1.67. The molecule has 2 aromatic rings. The van der Waals surface area contributed by atoms with Gasteiger partial charge >= 0.3 is 0 Å². The van der Waals surface area contributed by atoms with Crippen LogP contribution in [0.15, 0.2) is 40.3 Å². The van der Waals surface area contributed by atoms with Gasteiger partial charge in [-0.15, -0.1) is 0 Å². The molecule has 0 fully saturated rings. The van der Waals surface area contributed by atoms with Crippen LogP contribution in [0.1, 0.15) is 31.5 Å². The third-order valence-electron chi connectivity index (χ3n) is 4.34. The SMILES string of the molecule is CCCc1cc(=O)n2c(n1)SCC2CC(=O)Nc1ccc(N(C)C)cc1. The molecule has 0 spiro atoms. The molecule has 0 saturated heterocycles. The van der Waals surface area contributed by atoms with Crippen molar-refractivity contribution in [2.45, 2.75) is 37.4 Å². The summed E-state index contributed by atoms with van der Waals surface area (Å²) in [5.41, 5.74) is 2.61. The van der Waals surface area contributed by atoms with Gasteiger partial charge in [0.05, 0.1) is 6.04 Å². The van der Waals surface area contributed by atoms with E-state index in [-0.39, 0.29) is 23.9 Å². The van der Waals surface area contributed by atoms with Gasteiger partial charge in [0.15, 0.2) is 5.16 Å². The fourth-order valence-corrected chi connectivity index (χ4v) is 4.17. The second-order valence-electron chi connectivity index (χ2n) is 6.65. The summed E-state index contributed by atoms with van der Waals surface area (Å²) in [4.78, 5) is 31.4. The number of hydrogen-bond acceptors (Lipinski definition) is 5. The number of carbonyl (C=O) groups excluding carboxylic acids is 1. The molecular formula is C19H24N4O2S. The number of thioether (sulfide) groups is 1. The second-order valence-corrected chi connectivity index (χ2v) is 7.63. The summed E-state index contributed by atoms with van der Waals surface area (Å²) in [5.74, 6) is 0.607. The molecule has 26 heavy (non-hydrogen) atoms. The van der Waals surface area contributed by atoms with Gasteiger partial charge in [-0.25, -0.2) is 4.98 Å². The normalized spacial score (nSPS) is 15.6. The Kier molecular flexibility index (Phi) is 5.66. The number of carbonyl (C=O) groups is 1. The first-order valence-electron chi connectivity index (χ1n) is 8.80. The summed E-state index contributed by atoms with van der Waals surface area (Å²) in [6, 6.07) is 9.14. The maximum Gasteiger partial charge on any atom is 0.254 e. The first-order chi connectivity index (χ1) is 12.5. The van der Waals surface area contributed by atoms with Crippen molar-refractivity contribution >= 4 is 29.0 Å². The molecule has 0 bridgehead atoms. The molecule has 1 aromatic carbocycles. The zero-order chi connectivity index (χ0) is 18.7. The van der Waals surface area contributed by atoms with Crippen LogP contribution in [0.3, 0.4) is 0 Å². The van der Waals surface area contributed by atoms with E-state index in [0.717, 1.165) is 35.1 Å². The fraction of sp³-hybridized carbons (Fsp3) is 0.421. The lowest BCUT2D eigenvalue weighted by molar-refractivity contribution is -0.116. The van der Waals surface area contributed by atoms with E-state index in [1.54, 1.807) is 22.4 Å². The van der Waals surface area contributed by atoms with Crippen LogP contribution < -0.4 is 15.8 Å². The van der Waals surface area contributed by atoms with E-state index in [0.29, 0.717) is 5.75 Å². The Morgan fingerprint density at radius 2 is 2.08 bits per heavy atom. The van der Waals surface area contributed by atoms with Gasteiger partial charge in [0.2, 0.25) is 5.91 Å². The molecule has 1 unspecified atom stereocenters. The van der Waals surface area contributed by atoms with E-state index in [1.165, 1.54) is 0 Å². The predicted octanol–water partition coefficient (Wildman–Crippen LogP) is 2.94. The Morgan fingerprint density at radius 1 is 1.35 bits per heavy atom. The number of aromatic nitrogens is 2. The standard InChI is InChI=1S/C19H24N4O2S/c1-4-5-14-10-18(25)23-16(12-26-19(23)21-14)11-17(24)20-13-6-8-15(9-7-13)22(2)3/h6-10,16H,4-5,11-12H2,1-3H3,(H,20,24). The van der Waals surface area contributed by atoms with E-state index in [9.17, 15) is 9.59 Å². The van der Waals surface area contributed by atoms with Crippen LogP contribution in [0.4, 0.5) is 11.4 Å². The topological polar surface area (TPSA) is 67.2 Å². The molecule has 1 aromatic heterocycles. The van der Waals surface area contributed by atoms with Gasteiger partial charge in [-0.2, -0.15) is 0 Å². The Labute approximate surface area is 157 Å². The average molecular weight is 372 g/mol. The number of nitrogens with one attached hydrogen (secondary N) is 1. The van der Waals surface area contributed by atoms with Gasteiger partial charge in [-0.1, -0.05) is 25.1 Å². The highest BCUT2D eigenvalue weighted by atomic mass is 32.2. The second kappa shape index (κ2) is 7.95. The highest BCUT2D eigenvalue weighted by Crippen LogP contribution is 2.32. The zero-order valence-electron chi connectivity index (χ0n) is 15.4. The molecule has 6 nitrogen and oxygen atoms in total. The third kappa shape index (κ3) is 4.09. The molecule has 1 aliphatic rings. The maximum atomic E-state index is 12.4. The smallest absolute Gasteiger partial charge is 0.254 e. The van der Waals surface area contributed by atoms with Crippen LogP contribution in [-0.4, -0.2) is 35.3 Å². The van der Waals surface area contributed by atoms with Crippen molar-refractivity contribution in [1.29, 1.82) is 0 Å². The van der Waals surface area contributed by atoms with Gasteiger partial charge in [0.1, 0.15) is 0 Å². The number of anilines is 2. The Hall–Kier alpha value is -2.28. The van der Waals surface area contributed by atoms with Crippen LogP contribution in [0, 0.1) is 0 Å². The molecule has 0 radical (unpaired) electrons. The van der Waals surface area contributed by atoms with Crippen molar-refractivity contribution in [2.24, 2.45) is 0 Å². The van der Waals surface area contributed by atoms with Crippen molar-refractivity contribution in [3.05, 3.63) is 46.4 Å². The number of amides is 1. The molecule has 3 rings (SSSR count). The monoisotopic (exact) mass is 372 g/mol. The lowest BCUT2D eigenvalue weighted by atomic mass is 10.2. The summed E-state index contributed by atoms with van der Waals surface area (Å²) in [6.45, 7) is 2.07. The van der Waals surface area contributed by atoms with Crippen LogP contribution in [-0.2, 0) is 11.2 Å². The Balaban J connectivity index is 1.67. The van der Waals surface area contributed by atoms with Crippen LogP contribution in [0.2, 0.25) is 0 Å². The van der Waals surface area contributed by atoms with Crippen molar-refractivity contribution in [2.75, 3.05) is 30.1 Å². The van der Waals surface area contributed by atoms with E-state index < -0.39 is 0 Å². The molecule has 1 amide bonds. The average Bonchev–Trinajstić information content (AvgIpc) is 2.98. The largest absolute Gasteiger partial charge is 0.378 e. The first kappa shape index (κ1) is 18.5. The highest BCUT2D eigenvalue weighted by molar-refractivity contribution is 7.99. The summed E-state index contributed by atoms with van der Waals surface area (Å²) >= 11 is 1.55. The van der Waals surface area contributed by atoms with Crippen molar-refractivity contribution in [1.82, 2.24) is 9.55 Å². The first-order valence-corrected chi connectivity index (χ1v) is 9.79. The maximum absolute atomic E-state index is 12.4. The minimum atomic E-state index is -0.147. The van der Waals surface area contributed by atoms with E-state index in [4.69, 9.17) is 0 Å². The Morgan fingerprint density at radius 3 is 2.73 bits per heavy atom. The Bertz CT molecular complexity index is 846. The molecule has 1 aliphatic heterocycles. The third-order valence-corrected chi connectivity index (χ3v) is 5.44. The molecule has 0 aliphatic carbocycles. The quantitative estimate of drug-likeness (QED) is 0.790. The number of nitrogens with zero attached hydrogens (tertiary/aromatic N) is 3. The number of hydrogen-bond donors (Lipinski definition) is 1. The van der Waals surface area contributed by atoms with E-state index in [1.807, 2.05) is 43.3 Å². The molecule has 138 valence electrons. The minimum absolute atomic E-state index is 0.0587. The summed E-state index contributed by atoms with van der Waals surface area (Å²) in [5, 5.41) is 3.65. The van der Waals surface area contributed by atoms with Gasteiger partial charge in [0, 0.05) is 49.4 Å². The van der Waals surface area contributed by atoms with Gasteiger partial charge in [0.25, 0.3) is 5.56 Å².